The highest BCUT2D eigenvalue weighted by atomic mass is 19.1. The number of aryl methyl sites for hydroxylation is 1. The number of fused-ring (bicyclic) bond motifs is 3. The van der Waals surface area contributed by atoms with E-state index in [0.29, 0.717) is 12.0 Å². The second-order valence-electron chi connectivity index (χ2n) is 6.27. The van der Waals surface area contributed by atoms with Gasteiger partial charge in [0.25, 0.3) is 0 Å². The van der Waals surface area contributed by atoms with Gasteiger partial charge in [-0.25, -0.2) is 4.39 Å². The van der Waals surface area contributed by atoms with E-state index < -0.39 is 0 Å². The largest absolute Gasteiger partial charge is 0.380 e. The molecule has 0 radical (unpaired) electrons. The van der Waals surface area contributed by atoms with Gasteiger partial charge >= 0.3 is 0 Å². The molecule has 2 atom stereocenters. The van der Waals surface area contributed by atoms with Crippen LogP contribution in [0.25, 0.3) is 0 Å². The zero-order valence-corrected chi connectivity index (χ0v) is 12.1. The van der Waals surface area contributed by atoms with Crippen molar-refractivity contribution in [1.82, 2.24) is 4.90 Å². The Labute approximate surface area is 124 Å². The first-order valence-electron chi connectivity index (χ1n) is 7.53. The van der Waals surface area contributed by atoms with Crippen molar-refractivity contribution >= 4 is 5.69 Å². The van der Waals surface area contributed by atoms with E-state index >= 15 is 0 Å². The van der Waals surface area contributed by atoms with Crippen LogP contribution >= 0.6 is 0 Å². The van der Waals surface area contributed by atoms with Crippen LogP contribution in [0.5, 0.6) is 0 Å². The van der Waals surface area contributed by atoms with E-state index in [1.54, 1.807) is 12.1 Å². The summed E-state index contributed by atoms with van der Waals surface area (Å²) in [6, 6.07) is 14.1. The summed E-state index contributed by atoms with van der Waals surface area (Å²) in [6.45, 7) is 5.04. The molecule has 2 aliphatic rings. The minimum absolute atomic E-state index is 0.147. The molecule has 4 rings (SSSR count). The minimum atomic E-state index is -0.147. The van der Waals surface area contributed by atoms with Gasteiger partial charge in [-0.1, -0.05) is 29.8 Å². The second-order valence-corrected chi connectivity index (χ2v) is 6.27. The van der Waals surface area contributed by atoms with Gasteiger partial charge in [0.15, 0.2) is 0 Å². The first kappa shape index (κ1) is 12.8. The maximum Gasteiger partial charge on any atom is 0.123 e. The summed E-state index contributed by atoms with van der Waals surface area (Å²) in [4.78, 5) is 2.42. The van der Waals surface area contributed by atoms with Crippen LogP contribution < -0.4 is 5.32 Å². The highest BCUT2D eigenvalue weighted by molar-refractivity contribution is 5.61. The molecule has 2 aliphatic heterocycles. The van der Waals surface area contributed by atoms with Gasteiger partial charge in [0.05, 0.1) is 0 Å². The van der Waals surface area contributed by atoms with Crippen LogP contribution in [0.3, 0.4) is 0 Å². The molecule has 1 fully saturated rings. The molecular formula is C18H19FN2. The summed E-state index contributed by atoms with van der Waals surface area (Å²) in [5, 5.41) is 3.64. The van der Waals surface area contributed by atoms with Gasteiger partial charge < -0.3 is 5.32 Å². The highest BCUT2D eigenvalue weighted by Crippen LogP contribution is 2.41. The SMILES string of the molecule is Cc1ccc2c(c1)[C@H]1CN(Cc3cccc(F)c3)C[C@H]1N2. The fourth-order valence-corrected chi connectivity index (χ4v) is 3.69. The molecule has 3 heteroatoms. The zero-order chi connectivity index (χ0) is 14.4. The number of nitrogens with zero attached hydrogens (tertiary/aromatic N) is 1. The number of benzene rings is 2. The van der Waals surface area contributed by atoms with Crippen LogP contribution in [0.1, 0.15) is 22.6 Å². The van der Waals surface area contributed by atoms with E-state index in [9.17, 15) is 4.39 Å². The monoisotopic (exact) mass is 282 g/mol. The maximum absolute atomic E-state index is 13.3. The fourth-order valence-electron chi connectivity index (χ4n) is 3.69. The number of hydrogen-bond donors (Lipinski definition) is 1. The summed E-state index contributed by atoms with van der Waals surface area (Å²) in [7, 11) is 0. The zero-order valence-electron chi connectivity index (χ0n) is 12.1. The molecule has 108 valence electrons. The summed E-state index contributed by atoms with van der Waals surface area (Å²) in [6.07, 6.45) is 0. The van der Waals surface area contributed by atoms with Crippen LogP contribution in [0.15, 0.2) is 42.5 Å². The van der Waals surface area contributed by atoms with Crippen molar-refractivity contribution in [3.05, 3.63) is 65.0 Å². The lowest BCUT2D eigenvalue weighted by Crippen LogP contribution is -2.25. The first-order valence-corrected chi connectivity index (χ1v) is 7.53. The molecule has 0 bridgehead atoms. The van der Waals surface area contributed by atoms with Crippen LogP contribution in [0.2, 0.25) is 0 Å². The van der Waals surface area contributed by atoms with E-state index in [4.69, 9.17) is 0 Å². The molecule has 21 heavy (non-hydrogen) atoms. The maximum atomic E-state index is 13.3. The molecule has 2 aromatic carbocycles. The van der Waals surface area contributed by atoms with E-state index in [1.165, 1.54) is 22.9 Å². The summed E-state index contributed by atoms with van der Waals surface area (Å²) < 4.78 is 13.3. The van der Waals surface area contributed by atoms with E-state index in [1.807, 2.05) is 6.07 Å². The Hall–Kier alpha value is -1.87. The number of hydrogen-bond acceptors (Lipinski definition) is 2. The molecule has 1 saturated heterocycles. The third kappa shape index (κ3) is 2.32. The van der Waals surface area contributed by atoms with Gasteiger partial charge in [0.1, 0.15) is 5.82 Å². The predicted octanol–water partition coefficient (Wildman–Crippen LogP) is 3.53. The third-order valence-electron chi connectivity index (χ3n) is 4.64. The average molecular weight is 282 g/mol. The molecule has 0 spiro atoms. The van der Waals surface area contributed by atoms with Crippen molar-refractivity contribution < 1.29 is 4.39 Å². The summed E-state index contributed by atoms with van der Waals surface area (Å²) in [5.41, 5.74) is 5.11. The number of rotatable bonds is 2. The number of nitrogens with one attached hydrogen (secondary N) is 1. The van der Waals surface area contributed by atoms with Gasteiger partial charge in [-0.05, 0) is 36.2 Å². The minimum Gasteiger partial charge on any atom is -0.380 e. The topological polar surface area (TPSA) is 15.3 Å². The first-order chi connectivity index (χ1) is 10.2. The molecule has 1 N–H and O–H groups in total. The van der Waals surface area contributed by atoms with Gasteiger partial charge in [-0.2, -0.15) is 0 Å². The van der Waals surface area contributed by atoms with Crippen molar-refractivity contribution in [2.75, 3.05) is 18.4 Å². The van der Waals surface area contributed by atoms with Gasteiger partial charge in [-0.3, -0.25) is 4.90 Å². The number of likely N-dealkylation sites (tertiary alicyclic amines) is 1. The average Bonchev–Trinajstić information content (AvgIpc) is 2.96. The summed E-state index contributed by atoms with van der Waals surface area (Å²) in [5.74, 6) is 0.416. The van der Waals surface area contributed by atoms with Crippen LogP contribution in [-0.4, -0.2) is 24.0 Å². The number of halogens is 1. The molecule has 0 amide bonds. The van der Waals surface area contributed by atoms with Crippen LogP contribution in [-0.2, 0) is 6.54 Å². The van der Waals surface area contributed by atoms with Crippen LogP contribution in [0.4, 0.5) is 10.1 Å². The Kier molecular flexibility index (Phi) is 2.96. The molecule has 2 nitrogen and oxygen atoms in total. The van der Waals surface area contributed by atoms with Crippen molar-refractivity contribution in [3.8, 4) is 0 Å². The van der Waals surface area contributed by atoms with Crippen molar-refractivity contribution in [3.63, 3.8) is 0 Å². The van der Waals surface area contributed by atoms with E-state index in [2.05, 4.69) is 35.3 Å². The lowest BCUT2D eigenvalue weighted by molar-refractivity contribution is 0.323. The van der Waals surface area contributed by atoms with Gasteiger partial charge in [0, 0.05) is 37.3 Å². The Morgan fingerprint density at radius 1 is 1.19 bits per heavy atom. The summed E-state index contributed by atoms with van der Waals surface area (Å²) >= 11 is 0. The quantitative estimate of drug-likeness (QED) is 0.906. The van der Waals surface area contributed by atoms with E-state index in [0.717, 1.165) is 25.2 Å². The smallest absolute Gasteiger partial charge is 0.123 e. The Bertz CT molecular complexity index is 683. The normalized spacial score (nSPS) is 23.7. The number of anilines is 1. The molecule has 0 aromatic heterocycles. The van der Waals surface area contributed by atoms with Crippen molar-refractivity contribution in [2.24, 2.45) is 0 Å². The van der Waals surface area contributed by atoms with Crippen molar-refractivity contribution in [2.45, 2.75) is 25.4 Å². The third-order valence-corrected chi connectivity index (χ3v) is 4.64. The molecule has 0 unspecified atom stereocenters. The molecule has 2 aromatic rings. The van der Waals surface area contributed by atoms with E-state index in [-0.39, 0.29) is 5.82 Å². The van der Waals surface area contributed by atoms with Crippen LogP contribution in [0, 0.1) is 12.7 Å². The molecule has 2 heterocycles. The molecular weight excluding hydrogens is 263 g/mol. The highest BCUT2D eigenvalue weighted by Gasteiger charge is 2.39. The fraction of sp³-hybridized carbons (Fsp3) is 0.333. The molecule has 0 saturated carbocycles. The Morgan fingerprint density at radius 3 is 2.95 bits per heavy atom. The van der Waals surface area contributed by atoms with Crippen molar-refractivity contribution in [1.29, 1.82) is 0 Å². The van der Waals surface area contributed by atoms with Gasteiger partial charge in [-0.15, -0.1) is 0 Å². The Balaban J connectivity index is 1.52. The molecule has 0 aliphatic carbocycles. The lowest BCUT2D eigenvalue weighted by atomic mass is 9.97. The standard InChI is InChI=1S/C18H19FN2/c1-12-5-6-17-15(7-12)16-10-21(11-18(16)20-17)9-13-3-2-4-14(19)8-13/h2-8,16,18,20H,9-11H2,1H3/t16-,18-/m1/s1. The second kappa shape index (κ2) is 4.85. The lowest BCUT2D eigenvalue weighted by Gasteiger charge is -2.17. The predicted molar refractivity (Wildman–Crippen MR) is 83.0 cm³/mol. The van der Waals surface area contributed by atoms with Gasteiger partial charge in [0.2, 0.25) is 0 Å². The Morgan fingerprint density at radius 2 is 2.10 bits per heavy atom.